The zero-order valence-electron chi connectivity index (χ0n) is 79.3. The lowest BCUT2D eigenvalue weighted by atomic mass is 9.83. The summed E-state index contributed by atoms with van der Waals surface area (Å²) < 4.78 is 140. The normalized spacial score (nSPS) is 33.5. The summed E-state index contributed by atoms with van der Waals surface area (Å²) in [5, 5.41) is 88.4. The third-order valence-corrected chi connectivity index (χ3v) is 25.3. The first kappa shape index (κ1) is 116. The van der Waals surface area contributed by atoms with Gasteiger partial charge in [0.05, 0.1) is 167 Å². The Balaban J connectivity index is 0.000000540. The molecular weight excluding hydrogens is 1890 g/mol. The van der Waals surface area contributed by atoms with E-state index < -0.39 is 342 Å². The second kappa shape index (κ2) is 53.5. The first-order valence-corrected chi connectivity index (χ1v) is 44.7. The van der Waals surface area contributed by atoms with E-state index in [2.05, 4.69) is 41.3 Å². The van der Waals surface area contributed by atoms with Crippen molar-refractivity contribution in [3.63, 3.8) is 0 Å². The van der Waals surface area contributed by atoms with Gasteiger partial charge in [-0.15, -0.1) is 0 Å². The van der Waals surface area contributed by atoms with Gasteiger partial charge in [-0.25, -0.2) is 38.4 Å². The van der Waals surface area contributed by atoms with E-state index in [1.807, 2.05) is 0 Å². The van der Waals surface area contributed by atoms with Crippen LogP contribution in [0.2, 0.25) is 0 Å². The highest BCUT2D eigenvalue weighted by atomic mass is 16.8. The largest absolute Gasteiger partial charge is 0.465 e. The van der Waals surface area contributed by atoms with E-state index in [9.17, 15) is 88.2 Å². The first-order valence-electron chi connectivity index (χ1n) is 44.7. The Labute approximate surface area is 799 Å². The highest BCUT2D eigenvalue weighted by molar-refractivity contribution is 5.81. The number of esters is 8. The average Bonchev–Trinajstić information content (AvgIpc) is 1.52. The van der Waals surface area contributed by atoms with E-state index in [0.29, 0.717) is 6.42 Å². The summed E-state index contributed by atoms with van der Waals surface area (Å²) in [6, 6.07) is -4.27. The lowest BCUT2D eigenvalue weighted by Gasteiger charge is -2.48. The number of ether oxygens (including phenoxy) is 24. The molecule has 6 unspecified atom stereocenters. The van der Waals surface area contributed by atoms with Gasteiger partial charge in [0, 0.05) is 106 Å². The molecule has 0 aliphatic carbocycles. The molecule has 10 heterocycles. The van der Waals surface area contributed by atoms with Gasteiger partial charge in [0.2, 0.25) is 0 Å². The molecule has 0 aromatic carbocycles. The topological polar surface area (TPSA) is 782 Å². The molecule has 788 valence electrons. The molecule has 36 atom stereocenters. The van der Waals surface area contributed by atoms with Crippen LogP contribution in [-0.4, -0.2) is 390 Å². The molecule has 10 aliphatic rings. The minimum absolute atomic E-state index is 0.0273. The van der Waals surface area contributed by atoms with Crippen molar-refractivity contribution in [2.45, 2.75) is 316 Å². The number of nitrogens with one attached hydrogen (secondary N) is 4. The Morgan fingerprint density at radius 1 is 0.443 bits per heavy atom. The van der Waals surface area contributed by atoms with E-state index in [-0.39, 0.29) is 70.7 Å². The van der Waals surface area contributed by atoms with Gasteiger partial charge in [-0.2, -0.15) is 19.2 Å². The van der Waals surface area contributed by atoms with Crippen molar-refractivity contribution in [3.05, 3.63) is 20.9 Å². The van der Waals surface area contributed by atoms with Crippen LogP contribution in [0.3, 0.4) is 0 Å². The number of aliphatic hydroxyl groups excluding tert-OH is 7. The molecule has 11 N–H and O–H groups in total. The van der Waals surface area contributed by atoms with Gasteiger partial charge in [0.1, 0.15) is 73.2 Å². The fourth-order valence-corrected chi connectivity index (χ4v) is 18.1. The third kappa shape index (κ3) is 29.4. The molecule has 0 bridgehead atoms. The van der Waals surface area contributed by atoms with Crippen LogP contribution >= 0.6 is 0 Å². The monoisotopic (exact) mass is 2010 g/mol. The summed E-state index contributed by atoms with van der Waals surface area (Å²) in [7, 11) is 4.10. The number of fused-ring (bicyclic) bond motifs is 4. The number of amides is 4. The van der Waals surface area contributed by atoms with Crippen molar-refractivity contribution >= 4 is 84.4 Å². The van der Waals surface area contributed by atoms with Crippen LogP contribution in [0, 0.1) is 35.5 Å². The highest BCUT2D eigenvalue weighted by Crippen LogP contribution is 2.47. The molecule has 10 saturated heterocycles. The number of alkyl carbamates (subject to hydrolysis) is 4. The highest BCUT2D eigenvalue weighted by Gasteiger charge is 2.66. The van der Waals surface area contributed by atoms with Crippen LogP contribution in [0.1, 0.15) is 134 Å². The summed E-state index contributed by atoms with van der Waals surface area (Å²) in [6.45, 7) is 12.3. The number of carbonyl (C=O) groups excluding carboxylic acids is 16. The van der Waals surface area contributed by atoms with Gasteiger partial charge in [0.25, 0.3) is 23.1 Å². The van der Waals surface area contributed by atoms with Gasteiger partial charge in [-0.05, 0) is 30.3 Å². The SMILES string of the molecule is CC[C@@H](OC(C)=O)[C@@H](C)C1O[C@@](OC[C@@H](OC(C)=O)[C@@H](C)C2O[C@@](OC[C@@H](OC(C)=O)[C@@H](C)C3O[C@@](OC[C@@H](OC(C)=O)[C@@H](C)C4O[C@@](OCCCN=[N+]=[N-])(C(=O)OC)C[C@H]5OC(=O)N[C@@H]45)(C(=O)OC)C[C@H]4OC(=O)N[C@@H]34)(C(=O)OC)C[C@H]3OC(=O)N[C@@H]23)(C(=O)OC)C[C@H]2OC(=O)N[C@@H]12.C[C@H]1C([C@H](O)[C@H](O)CO)O[C@H](OC[C@@H](O)[C@@H](O)C2O[C@H](OCCCN=[N+]=[N-])C[C@@H](O)[C@H]2C)C[C@H]1O.O=C=O.O=C=O. The number of azide groups is 2. The fourth-order valence-electron chi connectivity index (χ4n) is 18.1. The zero-order chi connectivity index (χ0) is 104. The summed E-state index contributed by atoms with van der Waals surface area (Å²) in [6.07, 6.45) is -31.3. The van der Waals surface area contributed by atoms with Gasteiger partial charge >= 0.3 is 84.4 Å². The van der Waals surface area contributed by atoms with E-state index in [1.54, 1.807) is 27.7 Å². The molecule has 10 rings (SSSR count). The Morgan fingerprint density at radius 2 is 0.721 bits per heavy atom. The summed E-state index contributed by atoms with van der Waals surface area (Å²) >= 11 is 0. The van der Waals surface area contributed by atoms with E-state index in [0.717, 1.165) is 49.2 Å². The van der Waals surface area contributed by atoms with E-state index in [1.165, 1.54) is 27.7 Å². The molecular formula is C83H124N10O47. The average molecular weight is 2010 g/mol. The van der Waals surface area contributed by atoms with E-state index >= 15 is 0 Å². The maximum atomic E-state index is 14.5. The Morgan fingerprint density at radius 3 is 1.01 bits per heavy atom. The number of rotatable bonds is 44. The molecule has 0 radical (unpaired) electrons. The molecule has 0 aromatic heterocycles. The standard InChI is InChI=1S/C60H85N7O32.C21H39N3O11.2CO2/c1-14-33(88-29(6)68)25(2)45-41-35(93-53(76)63-41)19-58(97-45,50(73)81-11)85-23-39(90-31(8)70)27(4)47-43-37(95-55(78)65-43)21-60(99-47,52(75)83-13)87-24-40(91-32(9)71)28(5)48-44-36(94-56(79)66-44)20-59(98-48,51(74)82-12)86-22-38(89-30(7)69)26(3)46-42-34(92-54(77)64-42)18-57(96-46,49(72)80-10)84-17-15-16-62-67-61;1-10-13(27)7-17(35-20(10)18(30)14(28)8-25)33-9-15(29)19(31)21-11(2)12(26)6-16(34-21)32-5-3-4-23-24-22;2*2-1-3/h25-28,33-48H,14-24H2,1-13H3,(H,63,76)(H,64,77)(H,65,78)(H,66,79);10-21,25-31H,3-9H2,1-2H3;;/t25-,26-,27-,28-,33-,34-,35-,36-,37-,38-,39-,40-,41-,42-,43-,44-,45?,46?,47?,48?,57-,58-,59-,60-;10-,11-,12-,13-,14-,15-,16+,17+,18-,19-,20?,21?;;/m11../s1. The van der Waals surface area contributed by atoms with Crippen LogP contribution in [0.4, 0.5) is 19.2 Å². The van der Waals surface area contributed by atoms with Crippen molar-refractivity contribution in [3.8, 4) is 0 Å². The van der Waals surface area contributed by atoms with Crippen molar-refractivity contribution < 1.29 is 226 Å². The number of hydrogen-bond acceptors (Lipinski definition) is 49. The Bertz CT molecular complexity index is 4360. The molecule has 57 nitrogen and oxygen atoms in total. The molecule has 10 aliphatic heterocycles. The first-order chi connectivity index (χ1) is 66.3. The molecule has 57 heteroatoms. The smallest absolute Gasteiger partial charge is 0.407 e. The lowest BCUT2D eigenvalue weighted by Crippen LogP contribution is -2.66. The molecule has 4 amide bonds. The minimum Gasteiger partial charge on any atom is -0.465 e. The van der Waals surface area contributed by atoms with Crippen LogP contribution in [-0.2, 0) is 171 Å². The summed E-state index contributed by atoms with van der Waals surface area (Å²) in [4.78, 5) is 198. The molecule has 0 spiro atoms. The molecule has 10 fully saturated rings. The van der Waals surface area contributed by atoms with Crippen LogP contribution in [0.5, 0.6) is 0 Å². The molecule has 0 aromatic rings. The number of carbonyl (C=O) groups is 12. The van der Waals surface area contributed by atoms with E-state index in [4.69, 9.17) is 149 Å². The second-order valence-corrected chi connectivity index (χ2v) is 34.5. The van der Waals surface area contributed by atoms with Gasteiger partial charge in [-0.1, -0.05) is 58.7 Å². The third-order valence-electron chi connectivity index (χ3n) is 25.3. The second-order valence-electron chi connectivity index (χ2n) is 34.5. The molecule has 140 heavy (non-hydrogen) atoms. The van der Waals surface area contributed by atoms with Crippen molar-refractivity contribution in [2.24, 2.45) is 45.7 Å². The molecule has 0 saturated carbocycles. The summed E-state index contributed by atoms with van der Waals surface area (Å²) in [5.41, 5.74) is 17.1. The van der Waals surface area contributed by atoms with Gasteiger partial charge < -0.3 is 171 Å². The number of nitrogens with zero attached hydrogens (tertiary/aromatic N) is 6. The number of methoxy groups -OCH3 is 4. The van der Waals surface area contributed by atoms with Gasteiger partial charge in [-0.3, -0.25) is 19.2 Å². The maximum absolute atomic E-state index is 14.5. The van der Waals surface area contributed by atoms with Crippen LogP contribution in [0.15, 0.2) is 10.2 Å². The van der Waals surface area contributed by atoms with Crippen molar-refractivity contribution in [1.82, 2.24) is 21.3 Å². The predicted molar refractivity (Wildman–Crippen MR) is 446 cm³/mol. The quantitative estimate of drug-likeness (QED) is 0.00800. The summed E-state index contributed by atoms with van der Waals surface area (Å²) in [5.74, 6) is -23.2. The fraction of sp³-hybridized carbons (Fsp3) is 0.831. The zero-order valence-corrected chi connectivity index (χ0v) is 79.3. The van der Waals surface area contributed by atoms with Gasteiger partial charge in [0.15, 0.2) is 12.6 Å². The number of aliphatic hydroxyl groups is 7. The Hall–Kier alpha value is -10.5. The van der Waals surface area contributed by atoms with Crippen molar-refractivity contribution in [2.75, 3.05) is 87.8 Å². The minimum atomic E-state index is -2.62. The van der Waals surface area contributed by atoms with Crippen LogP contribution in [0.25, 0.3) is 20.9 Å². The van der Waals surface area contributed by atoms with Crippen LogP contribution < -0.4 is 21.3 Å². The number of hydrogen-bond donors (Lipinski definition) is 11. The maximum Gasteiger partial charge on any atom is 0.407 e. The van der Waals surface area contributed by atoms with Crippen molar-refractivity contribution in [1.29, 1.82) is 0 Å². The lowest BCUT2D eigenvalue weighted by molar-refractivity contribution is -0.322. The predicted octanol–water partition coefficient (Wildman–Crippen LogP) is -1.81. The Kier molecular flexibility index (Phi) is 44.5.